The fourth-order valence-corrected chi connectivity index (χ4v) is 3.15. The zero-order valence-corrected chi connectivity index (χ0v) is 12.0. The number of hydrogen-bond donors (Lipinski definition) is 1. The third-order valence-corrected chi connectivity index (χ3v) is 4.97. The summed E-state index contributed by atoms with van der Waals surface area (Å²) >= 11 is 0. The third kappa shape index (κ3) is 3.45. The van der Waals surface area contributed by atoms with Gasteiger partial charge in [0, 0.05) is 18.6 Å². The third-order valence-electron chi connectivity index (χ3n) is 4.97. The molecule has 2 rings (SSSR count). The lowest BCUT2D eigenvalue weighted by atomic mass is 9.97. The molecule has 2 heteroatoms. The Morgan fingerprint density at radius 1 is 1.35 bits per heavy atom. The molecule has 0 aromatic rings. The Morgan fingerprint density at radius 2 is 2.12 bits per heavy atom. The molecule has 1 N–H and O–H groups in total. The van der Waals surface area contributed by atoms with E-state index in [1.54, 1.807) is 0 Å². The van der Waals surface area contributed by atoms with Gasteiger partial charge in [-0.25, -0.2) is 0 Å². The fraction of sp³-hybridized carbons (Fsp3) is 1.00. The molecule has 17 heavy (non-hydrogen) atoms. The van der Waals surface area contributed by atoms with Crippen LogP contribution < -0.4 is 5.32 Å². The summed E-state index contributed by atoms with van der Waals surface area (Å²) in [6.45, 7) is 11.0. The fourth-order valence-electron chi connectivity index (χ4n) is 3.15. The van der Waals surface area contributed by atoms with Crippen LogP contribution >= 0.6 is 0 Å². The lowest BCUT2D eigenvalue weighted by Gasteiger charge is -2.37. The summed E-state index contributed by atoms with van der Waals surface area (Å²) in [6.07, 6.45) is 8.33. The van der Waals surface area contributed by atoms with Crippen LogP contribution in [-0.2, 0) is 0 Å². The van der Waals surface area contributed by atoms with Gasteiger partial charge in [-0.05, 0) is 57.5 Å². The predicted molar refractivity (Wildman–Crippen MR) is 74.3 cm³/mol. The van der Waals surface area contributed by atoms with Gasteiger partial charge in [-0.3, -0.25) is 4.90 Å². The van der Waals surface area contributed by atoms with Crippen LogP contribution in [-0.4, -0.2) is 36.6 Å². The second-order valence-corrected chi connectivity index (χ2v) is 6.47. The molecule has 2 aliphatic rings. The molecule has 2 atom stereocenters. The van der Waals surface area contributed by atoms with E-state index in [0.29, 0.717) is 5.41 Å². The maximum absolute atomic E-state index is 3.69. The predicted octanol–water partition coefficient (Wildman–Crippen LogP) is 3.03. The van der Waals surface area contributed by atoms with Gasteiger partial charge >= 0.3 is 0 Å². The Balaban J connectivity index is 1.86. The topological polar surface area (TPSA) is 15.3 Å². The molecule has 0 aromatic heterocycles. The zero-order chi connectivity index (χ0) is 12.3. The molecule has 2 nitrogen and oxygen atoms in total. The summed E-state index contributed by atoms with van der Waals surface area (Å²) in [6, 6.07) is 1.52. The summed E-state index contributed by atoms with van der Waals surface area (Å²) < 4.78 is 0. The van der Waals surface area contributed by atoms with Gasteiger partial charge in [-0.15, -0.1) is 0 Å². The maximum Gasteiger partial charge on any atom is 0.0195 e. The van der Waals surface area contributed by atoms with Crippen LogP contribution in [0.5, 0.6) is 0 Å². The second kappa shape index (κ2) is 5.71. The average molecular weight is 238 g/mol. The minimum atomic E-state index is 0.629. The van der Waals surface area contributed by atoms with Crippen molar-refractivity contribution in [2.75, 3.05) is 19.6 Å². The van der Waals surface area contributed by atoms with Crippen molar-refractivity contribution in [2.24, 2.45) is 5.41 Å². The van der Waals surface area contributed by atoms with Gasteiger partial charge < -0.3 is 5.32 Å². The van der Waals surface area contributed by atoms with E-state index in [0.717, 1.165) is 12.1 Å². The number of piperidine rings is 1. The van der Waals surface area contributed by atoms with Crippen LogP contribution in [0.25, 0.3) is 0 Å². The summed E-state index contributed by atoms with van der Waals surface area (Å²) in [5, 5.41) is 3.69. The standard InChI is InChI=1S/C15H30N2/c1-4-11-17(13(2)15(3)8-9-15)12-14-7-5-6-10-16-14/h13-14,16H,4-12H2,1-3H3. The molecule has 0 spiro atoms. The van der Waals surface area contributed by atoms with Gasteiger partial charge in [0.05, 0.1) is 0 Å². The molecule has 1 aliphatic carbocycles. The number of nitrogens with one attached hydrogen (secondary N) is 1. The molecule has 1 heterocycles. The zero-order valence-electron chi connectivity index (χ0n) is 12.0. The highest BCUT2D eigenvalue weighted by molar-refractivity contribution is 4.98. The van der Waals surface area contributed by atoms with Crippen LogP contribution in [0, 0.1) is 5.41 Å². The van der Waals surface area contributed by atoms with Gasteiger partial charge in [0.2, 0.25) is 0 Å². The lowest BCUT2D eigenvalue weighted by Crippen LogP contribution is -2.48. The quantitative estimate of drug-likeness (QED) is 0.765. The number of hydrogen-bond acceptors (Lipinski definition) is 2. The SMILES string of the molecule is CCCN(CC1CCCCN1)C(C)C1(C)CC1. The first-order valence-electron chi connectivity index (χ1n) is 7.63. The molecular weight excluding hydrogens is 208 g/mol. The maximum atomic E-state index is 3.69. The Kier molecular flexibility index (Phi) is 4.48. The van der Waals surface area contributed by atoms with Crippen molar-refractivity contribution in [3.8, 4) is 0 Å². The van der Waals surface area contributed by atoms with Crippen LogP contribution in [0.1, 0.15) is 59.3 Å². The summed E-state index contributed by atoms with van der Waals surface area (Å²) in [4.78, 5) is 2.75. The monoisotopic (exact) mass is 238 g/mol. The summed E-state index contributed by atoms with van der Waals surface area (Å²) in [7, 11) is 0. The first kappa shape index (κ1) is 13.4. The van der Waals surface area contributed by atoms with Crippen molar-refractivity contribution in [2.45, 2.75) is 71.4 Å². The van der Waals surface area contributed by atoms with Gasteiger partial charge in [-0.1, -0.05) is 20.3 Å². The molecule has 2 fully saturated rings. The average Bonchev–Trinajstić information content (AvgIpc) is 3.09. The molecule has 1 saturated heterocycles. The highest BCUT2D eigenvalue weighted by Gasteiger charge is 2.44. The molecule has 0 aromatic carbocycles. The van der Waals surface area contributed by atoms with E-state index in [9.17, 15) is 0 Å². The van der Waals surface area contributed by atoms with Crippen molar-refractivity contribution < 1.29 is 0 Å². The number of nitrogens with zero attached hydrogens (tertiary/aromatic N) is 1. The Morgan fingerprint density at radius 3 is 2.65 bits per heavy atom. The molecule has 0 amide bonds. The Bertz CT molecular complexity index is 229. The van der Waals surface area contributed by atoms with E-state index >= 15 is 0 Å². The molecule has 0 radical (unpaired) electrons. The minimum Gasteiger partial charge on any atom is -0.313 e. The molecule has 1 aliphatic heterocycles. The lowest BCUT2D eigenvalue weighted by molar-refractivity contribution is 0.128. The van der Waals surface area contributed by atoms with E-state index in [1.807, 2.05) is 0 Å². The van der Waals surface area contributed by atoms with Gasteiger partial charge in [0.15, 0.2) is 0 Å². The van der Waals surface area contributed by atoms with Crippen LogP contribution in [0.2, 0.25) is 0 Å². The molecular formula is C15H30N2. The van der Waals surface area contributed by atoms with Crippen molar-refractivity contribution >= 4 is 0 Å². The van der Waals surface area contributed by atoms with Gasteiger partial charge in [-0.2, -0.15) is 0 Å². The highest BCUT2D eigenvalue weighted by Crippen LogP contribution is 2.49. The minimum absolute atomic E-state index is 0.629. The van der Waals surface area contributed by atoms with Gasteiger partial charge in [0.25, 0.3) is 0 Å². The highest BCUT2D eigenvalue weighted by atomic mass is 15.2. The van der Waals surface area contributed by atoms with Crippen molar-refractivity contribution in [3.63, 3.8) is 0 Å². The van der Waals surface area contributed by atoms with Crippen LogP contribution in [0.3, 0.4) is 0 Å². The molecule has 0 bridgehead atoms. The van der Waals surface area contributed by atoms with E-state index in [2.05, 4.69) is 31.0 Å². The van der Waals surface area contributed by atoms with Crippen molar-refractivity contribution in [3.05, 3.63) is 0 Å². The van der Waals surface area contributed by atoms with Crippen molar-refractivity contribution in [1.82, 2.24) is 10.2 Å². The second-order valence-electron chi connectivity index (χ2n) is 6.47. The Hall–Kier alpha value is -0.0800. The van der Waals surface area contributed by atoms with Crippen LogP contribution in [0.4, 0.5) is 0 Å². The summed E-state index contributed by atoms with van der Waals surface area (Å²) in [5.74, 6) is 0. The van der Waals surface area contributed by atoms with Gasteiger partial charge in [0.1, 0.15) is 0 Å². The van der Waals surface area contributed by atoms with Crippen molar-refractivity contribution in [1.29, 1.82) is 0 Å². The first-order chi connectivity index (χ1) is 8.15. The largest absolute Gasteiger partial charge is 0.313 e. The number of rotatable bonds is 6. The Labute approximate surface area is 107 Å². The normalized spacial score (nSPS) is 29.3. The molecule has 2 unspecified atom stereocenters. The van der Waals surface area contributed by atoms with E-state index < -0.39 is 0 Å². The smallest absolute Gasteiger partial charge is 0.0195 e. The molecule has 100 valence electrons. The molecule has 1 saturated carbocycles. The van der Waals surface area contributed by atoms with Crippen LogP contribution in [0.15, 0.2) is 0 Å². The summed E-state index contributed by atoms with van der Waals surface area (Å²) in [5.41, 5.74) is 0.629. The first-order valence-corrected chi connectivity index (χ1v) is 7.63. The van der Waals surface area contributed by atoms with E-state index in [4.69, 9.17) is 0 Å². The van der Waals surface area contributed by atoms with E-state index in [-0.39, 0.29) is 0 Å². The van der Waals surface area contributed by atoms with E-state index in [1.165, 1.54) is 58.2 Å².